The fourth-order valence-electron chi connectivity index (χ4n) is 3.36. The predicted octanol–water partition coefficient (Wildman–Crippen LogP) is 0.383. The lowest BCUT2D eigenvalue weighted by Crippen LogP contribution is -2.55. The van der Waals surface area contributed by atoms with Gasteiger partial charge in [0.15, 0.2) is 0 Å². The fraction of sp³-hybridized carbons (Fsp3) is 0.471. The van der Waals surface area contributed by atoms with Crippen LogP contribution in [0.3, 0.4) is 0 Å². The van der Waals surface area contributed by atoms with Crippen LogP contribution in [-0.2, 0) is 16.1 Å². The molecule has 0 aliphatic heterocycles. The molecule has 134 valence electrons. The number of H-pyrrole nitrogens is 1. The first kappa shape index (κ1) is 17.2. The second kappa shape index (κ2) is 7.10. The summed E-state index contributed by atoms with van der Waals surface area (Å²) < 4.78 is 1.42. The molecular formula is C17H22N4O4. The van der Waals surface area contributed by atoms with Gasteiger partial charge < -0.3 is 15.4 Å². The van der Waals surface area contributed by atoms with E-state index >= 15 is 0 Å². The molecule has 2 aromatic rings. The van der Waals surface area contributed by atoms with Crippen molar-refractivity contribution in [3.63, 3.8) is 0 Å². The minimum atomic E-state index is -0.840. The number of benzene rings is 1. The van der Waals surface area contributed by atoms with Gasteiger partial charge in [-0.25, -0.2) is 4.79 Å². The van der Waals surface area contributed by atoms with Crippen molar-refractivity contribution < 1.29 is 14.7 Å². The minimum Gasteiger partial charge on any atom is -0.480 e. The third-order valence-corrected chi connectivity index (χ3v) is 4.72. The van der Waals surface area contributed by atoms with Crippen molar-refractivity contribution in [2.75, 3.05) is 13.1 Å². The Morgan fingerprint density at radius 1 is 1.36 bits per heavy atom. The number of imidazole rings is 1. The molecule has 1 heterocycles. The van der Waals surface area contributed by atoms with Crippen LogP contribution in [0.15, 0.2) is 29.1 Å². The molecule has 1 fully saturated rings. The molecule has 8 heteroatoms. The van der Waals surface area contributed by atoms with Crippen LogP contribution in [-0.4, -0.2) is 56.6 Å². The van der Waals surface area contributed by atoms with E-state index in [4.69, 9.17) is 5.11 Å². The predicted molar refractivity (Wildman–Crippen MR) is 92.4 cm³/mol. The van der Waals surface area contributed by atoms with Gasteiger partial charge in [-0.2, -0.15) is 0 Å². The Hall–Kier alpha value is -2.61. The molecule has 0 atom stereocenters. The van der Waals surface area contributed by atoms with Crippen LogP contribution < -0.4 is 11.0 Å². The third-order valence-electron chi connectivity index (χ3n) is 4.72. The maximum absolute atomic E-state index is 12.2. The number of fused-ring (bicyclic) bond motifs is 1. The van der Waals surface area contributed by atoms with Gasteiger partial charge in [0, 0.05) is 12.1 Å². The molecule has 1 aromatic heterocycles. The van der Waals surface area contributed by atoms with Crippen LogP contribution in [0.5, 0.6) is 0 Å². The van der Waals surface area contributed by atoms with Crippen molar-refractivity contribution in [2.45, 2.75) is 38.4 Å². The fourth-order valence-corrected chi connectivity index (χ4v) is 3.36. The van der Waals surface area contributed by atoms with Crippen LogP contribution in [0.4, 0.5) is 0 Å². The smallest absolute Gasteiger partial charge is 0.326 e. The quantitative estimate of drug-likeness (QED) is 0.672. The van der Waals surface area contributed by atoms with Crippen molar-refractivity contribution >= 4 is 22.9 Å². The van der Waals surface area contributed by atoms with Crippen LogP contribution in [0, 0.1) is 0 Å². The van der Waals surface area contributed by atoms with E-state index in [0.717, 1.165) is 12.8 Å². The van der Waals surface area contributed by atoms with E-state index in [0.29, 0.717) is 17.6 Å². The average Bonchev–Trinajstić information content (AvgIpc) is 2.84. The van der Waals surface area contributed by atoms with Gasteiger partial charge in [0.05, 0.1) is 17.6 Å². The van der Waals surface area contributed by atoms with E-state index < -0.39 is 5.97 Å². The Morgan fingerprint density at radius 3 is 2.76 bits per heavy atom. The molecule has 0 saturated heterocycles. The maximum Gasteiger partial charge on any atom is 0.326 e. The Bertz CT molecular complexity index is 835. The Kier molecular flexibility index (Phi) is 4.89. The standard InChI is InChI=1S/C17H22N4O4/c1-2-20(10-16(23)24)12-7-11(8-12)18-15(22)9-21-14-6-4-3-5-13(14)19-17(21)25/h3-6,11-12H,2,7-10H2,1H3,(H,18,22)(H,19,25)(H,23,24). The van der Waals surface area contributed by atoms with Crippen LogP contribution in [0.1, 0.15) is 19.8 Å². The van der Waals surface area contributed by atoms with Crippen molar-refractivity contribution in [1.29, 1.82) is 0 Å². The van der Waals surface area contributed by atoms with Crippen molar-refractivity contribution in [3.05, 3.63) is 34.7 Å². The lowest BCUT2D eigenvalue weighted by molar-refractivity contribution is -0.139. The first-order valence-electron chi connectivity index (χ1n) is 8.40. The van der Waals surface area contributed by atoms with Gasteiger partial charge in [-0.1, -0.05) is 19.1 Å². The Morgan fingerprint density at radius 2 is 2.08 bits per heavy atom. The van der Waals surface area contributed by atoms with Crippen molar-refractivity contribution in [1.82, 2.24) is 19.8 Å². The number of para-hydroxylation sites is 2. The number of hydrogen-bond donors (Lipinski definition) is 3. The SMILES string of the molecule is CCN(CC(=O)O)C1CC(NC(=O)Cn2c(=O)[nH]c3ccccc32)C1. The summed E-state index contributed by atoms with van der Waals surface area (Å²) in [6.45, 7) is 2.59. The maximum atomic E-state index is 12.2. The van der Waals surface area contributed by atoms with Gasteiger partial charge in [-0.3, -0.25) is 19.1 Å². The molecule has 25 heavy (non-hydrogen) atoms. The molecule has 0 bridgehead atoms. The first-order valence-corrected chi connectivity index (χ1v) is 8.40. The monoisotopic (exact) mass is 346 g/mol. The molecule has 0 radical (unpaired) electrons. The normalized spacial score (nSPS) is 19.8. The van der Waals surface area contributed by atoms with Gasteiger partial charge >= 0.3 is 11.7 Å². The highest BCUT2D eigenvalue weighted by Crippen LogP contribution is 2.25. The zero-order valence-electron chi connectivity index (χ0n) is 14.1. The highest BCUT2D eigenvalue weighted by atomic mass is 16.4. The number of carbonyl (C=O) groups excluding carboxylic acids is 1. The highest BCUT2D eigenvalue weighted by molar-refractivity contribution is 5.80. The average molecular weight is 346 g/mol. The van der Waals surface area contributed by atoms with Crippen LogP contribution >= 0.6 is 0 Å². The van der Waals surface area contributed by atoms with E-state index in [1.54, 1.807) is 12.1 Å². The number of carboxylic acids is 1. The number of hydrogen-bond acceptors (Lipinski definition) is 4. The number of aliphatic carboxylic acids is 1. The number of rotatable bonds is 7. The number of amides is 1. The molecule has 1 amide bonds. The Labute approximate surface area is 144 Å². The second-order valence-electron chi connectivity index (χ2n) is 6.38. The second-order valence-corrected chi connectivity index (χ2v) is 6.38. The van der Waals surface area contributed by atoms with Crippen molar-refractivity contribution in [3.8, 4) is 0 Å². The van der Waals surface area contributed by atoms with Gasteiger partial charge in [0.25, 0.3) is 0 Å². The molecule has 3 N–H and O–H groups in total. The summed E-state index contributed by atoms with van der Waals surface area (Å²) in [5.41, 5.74) is 1.10. The lowest BCUT2D eigenvalue weighted by atomic mass is 9.85. The molecule has 1 aliphatic carbocycles. The molecule has 3 rings (SSSR count). The van der Waals surface area contributed by atoms with Gasteiger partial charge in [0.1, 0.15) is 6.54 Å². The molecular weight excluding hydrogens is 324 g/mol. The summed E-state index contributed by atoms with van der Waals surface area (Å²) in [5, 5.41) is 11.8. The number of nitrogens with one attached hydrogen (secondary N) is 2. The third kappa shape index (κ3) is 3.74. The molecule has 0 unspecified atom stereocenters. The summed E-state index contributed by atoms with van der Waals surface area (Å²) in [4.78, 5) is 39.7. The summed E-state index contributed by atoms with van der Waals surface area (Å²) in [6.07, 6.45) is 1.46. The van der Waals surface area contributed by atoms with Crippen LogP contribution in [0.2, 0.25) is 0 Å². The van der Waals surface area contributed by atoms with Gasteiger partial charge in [-0.15, -0.1) is 0 Å². The molecule has 1 saturated carbocycles. The van der Waals surface area contributed by atoms with Gasteiger partial charge in [-0.05, 0) is 31.5 Å². The highest BCUT2D eigenvalue weighted by Gasteiger charge is 2.34. The zero-order valence-corrected chi connectivity index (χ0v) is 14.1. The summed E-state index contributed by atoms with van der Waals surface area (Å²) >= 11 is 0. The first-order chi connectivity index (χ1) is 12.0. The summed E-state index contributed by atoms with van der Waals surface area (Å²) in [7, 11) is 0. The molecule has 1 aromatic carbocycles. The number of likely N-dealkylation sites (N-methyl/N-ethyl adjacent to an activating group) is 1. The van der Waals surface area contributed by atoms with E-state index in [2.05, 4.69) is 10.3 Å². The topological polar surface area (TPSA) is 107 Å². The number of aromatic nitrogens is 2. The number of carboxylic acid groups (broad SMARTS) is 1. The summed E-state index contributed by atoms with van der Waals surface area (Å²) in [5.74, 6) is -1.05. The number of carbonyl (C=O) groups is 2. The Balaban J connectivity index is 1.55. The van der Waals surface area contributed by atoms with E-state index in [1.165, 1.54) is 4.57 Å². The number of aromatic amines is 1. The zero-order chi connectivity index (χ0) is 18.0. The molecule has 1 aliphatic rings. The van der Waals surface area contributed by atoms with Gasteiger partial charge in [0.2, 0.25) is 5.91 Å². The van der Waals surface area contributed by atoms with E-state index in [9.17, 15) is 14.4 Å². The van der Waals surface area contributed by atoms with E-state index in [1.807, 2.05) is 24.0 Å². The minimum absolute atomic E-state index is 0.0204. The number of nitrogens with zero attached hydrogens (tertiary/aromatic N) is 2. The van der Waals surface area contributed by atoms with Crippen LogP contribution in [0.25, 0.3) is 11.0 Å². The lowest BCUT2D eigenvalue weighted by Gasteiger charge is -2.42. The summed E-state index contributed by atoms with van der Waals surface area (Å²) in [6, 6.07) is 7.45. The largest absolute Gasteiger partial charge is 0.480 e. The van der Waals surface area contributed by atoms with Crippen molar-refractivity contribution in [2.24, 2.45) is 0 Å². The molecule has 8 nitrogen and oxygen atoms in total. The molecule has 0 spiro atoms. The van der Waals surface area contributed by atoms with E-state index in [-0.39, 0.29) is 36.8 Å².